The molecule has 56 heavy (non-hydrogen) atoms. The van der Waals surface area contributed by atoms with Gasteiger partial charge in [0.2, 0.25) is 6.41 Å². The van der Waals surface area contributed by atoms with E-state index in [1.165, 1.54) is 14.7 Å². The first-order valence-corrected chi connectivity index (χ1v) is 18.5. The number of halogens is 1. The van der Waals surface area contributed by atoms with Crippen molar-refractivity contribution in [2.75, 3.05) is 55.8 Å². The van der Waals surface area contributed by atoms with Crippen molar-refractivity contribution in [3.05, 3.63) is 34.7 Å². The number of anilines is 3. The lowest BCUT2D eigenvalue weighted by Gasteiger charge is -2.36. The third kappa shape index (κ3) is 9.64. The molecule has 312 valence electrons. The third-order valence-corrected chi connectivity index (χ3v) is 10.4. The van der Waals surface area contributed by atoms with E-state index in [1.54, 1.807) is 18.2 Å². The van der Waals surface area contributed by atoms with Crippen LogP contribution in [0.3, 0.4) is 0 Å². The van der Waals surface area contributed by atoms with Gasteiger partial charge in [-0.2, -0.15) is 0 Å². The zero-order valence-corrected chi connectivity index (χ0v) is 31.8. The fourth-order valence-electron chi connectivity index (χ4n) is 6.96. The highest BCUT2D eigenvalue weighted by Crippen LogP contribution is 2.27. The molecule has 2 amide bonds. The molecule has 22 heteroatoms. The molecule has 21 nitrogen and oxygen atoms in total. The lowest BCUT2D eigenvalue weighted by atomic mass is 10.00. The number of fused-ring (bicyclic) bond motifs is 1. The van der Waals surface area contributed by atoms with Gasteiger partial charge in [0.1, 0.15) is 43.2 Å². The van der Waals surface area contributed by atoms with E-state index in [9.17, 15) is 60.7 Å². The highest BCUT2D eigenvalue weighted by molar-refractivity contribution is 6.31. The lowest BCUT2D eigenvalue weighted by molar-refractivity contribution is -0.676. The van der Waals surface area contributed by atoms with E-state index in [4.69, 9.17) is 23.1 Å². The van der Waals surface area contributed by atoms with Gasteiger partial charge < -0.3 is 67.4 Å². The molecule has 0 unspecified atom stereocenters. The number of likely N-dealkylation sites (tertiary alicyclic amines) is 1. The lowest BCUT2D eigenvalue weighted by Crippen LogP contribution is -2.55. The standard InChI is InChI=1S/C34H53ClN9O12/c1-3-43-19-6-5-17(9-20(19)44(4-2)25(43)13-42(16-47)33-32(37)39-31(36)30(35)38-33)34(56)40-8-7-18(10-40)41(11-21(48)26(52)28(54)23(50)14-45)12-22(49)27(53)29(55)24(51)15-46/h5-6,9,16,18,21-24,26-29,45-46,48-55H,3-4,7-8,10-15H2,1-2H3,(H4,36,37,39)/q+1/t18-,21+,22+,23-,24-,26-,27-,28-,29-/m1/s1. The number of carbonyl (C=O) groups is 2. The minimum absolute atomic E-state index is 0.0129. The topological polar surface area (TPSA) is 333 Å². The minimum Gasteiger partial charge on any atom is -0.394 e. The Kier molecular flexibility index (Phi) is 15.7. The Morgan fingerprint density at radius 3 is 2.02 bits per heavy atom. The monoisotopic (exact) mass is 814 g/mol. The van der Waals surface area contributed by atoms with Gasteiger partial charge in [0, 0.05) is 43.9 Å². The Morgan fingerprint density at radius 2 is 1.50 bits per heavy atom. The Hall–Kier alpha value is -3.84. The largest absolute Gasteiger partial charge is 0.394 e. The second-order valence-electron chi connectivity index (χ2n) is 13.7. The van der Waals surface area contributed by atoms with Gasteiger partial charge in [0.25, 0.3) is 11.7 Å². The van der Waals surface area contributed by atoms with Crippen molar-refractivity contribution >= 4 is 52.4 Å². The van der Waals surface area contributed by atoms with Crippen LogP contribution in [0.4, 0.5) is 17.5 Å². The fourth-order valence-corrected chi connectivity index (χ4v) is 7.09. The highest BCUT2D eigenvalue weighted by atomic mass is 35.5. The molecule has 1 aliphatic rings. The van der Waals surface area contributed by atoms with Crippen molar-refractivity contribution in [3.63, 3.8) is 0 Å². The molecule has 0 spiro atoms. The predicted molar refractivity (Wildman–Crippen MR) is 200 cm³/mol. The first-order valence-electron chi connectivity index (χ1n) is 18.1. The number of carbonyl (C=O) groups excluding carboxylic acids is 2. The van der Waals surface area contributed by atoms with E-state index in [2.05, 4.69) is 9.97 Å². The van der Waals surface area contributed by atoms with Crippen molar-refractivity contribution in [2.24, 2.45) is 0 Å². The molecule has 1 saturated heterocycles. The molecule has 9 atom stereocenters. The van der Waals surface area contributed by atoms with Crippen LogP contribution in [0.15, 0.2) is 18.2 Å². The molecule has 0 bridgehead atoms. The molecule has 2 aromatic heterocycles. The number of nitrogens with zero attached hydrogens (tertiary/aromatic N) is 7. The molecular formula is C34H53ClN9O12+. The first-order chi connectivity index (χ1) is 26.5. The van der Waals surface area contributed by atoms with E-state index in [0.29, 0.717) is 36.4 Å². The van der Waals surface area contributed by atoms with E-state index in [0.717, 1.165) is 5.52 Å². The molecule has 0 aliphatic carbocycles. The van der Waals surface area contributed by atoms with E-state index < -0.39 is 81.2 Å². The van der Waals surface area contributed by atoms with Crippen LogP contribution in [0, 0.1) is 0 Å². The number of benzene rings is 1. The second-order valence-corrected chi connectivity index (χ2v) is 14.1. The summed E-state index contributed by atoms with van der Waals surface area (Å²) in [5, 5.41) is 101. The van der Waals surface area contributed by atoms with Gasteiger partial charge in [-0.3, -0.25) is 19.4 Å². The summed E-state index contributed by atoms with van der Waals surface area (Å²) in [5.41, 5.74) is 13.5. The van der Waals surface area contributed by atoms with Crippen molar-refractivity contribution < 1.29 is 65.2 Å². The number of aliphatic hydroxyl groups is 10. The van der Waals surface area contributed by atoms with Gasteiger partial charge in [0.05, 0.1) is 38.5 Å². The van der Waals surface area contributed by atoms with E-state index in [1.807, 2.05) is 23.0 Å². The summed E-state index contributed by atoms with van der Waals surface area (Å²) in [5.74, 6) is 0.162. The predicted octanol–water partition coefficient (Wildman–Crippen LogP) is -4.87. The number of imidazole rings is 1. The van der Waals surface area contributed by atoms with Crippen LogP contribution in [-0.4, -0.2) is 182 Å². The maximum absolute atomic E-state index is 14.0. The van der Waals surface area contributed by atoms with Crippen molar-refractivity contribution in [2.45, 2.75) is 94.8 Å². The van der Waals surface area contributed by atoms with Crippen LogP contribution in [0.2, 0.25) is 5.15 Å². The number of nitrogen functional groups attached to an aromatic ring is 2. The number of aryl methyl sites for hydroxylation is 2. The van der Waals surface area contributed by atoms with Gasteiger partial charge in [-0.25, -0.2) is 19.1 Å². The molecule has 1 aliphatic heterocycles. The SMILES string of the molecule is CCn1c(CN(C=O)c2nc(Cl)c(N)nc2N)[n+](CC)c2ccc(C(=O)N3CC[C@@H](N(C[C@H](O)[C@@H](O)[C@H](O)[C@H](O)CO)C[C@H](O)[C@@H](O)[C@H](O)[C@H](O)CO)C3)cc21. The number of aliphatic hydroxyl groups excluding tert-OH is 10. The zero-order valence-electron chi connectivity index (χ0n) is 31.0. The summed E-state index contributed by atoms with van der Waals surface area (Å²) in [6.45, 7) is 2.32. The maximum Gasteiger partial charge on any atom is 0.277 e. The number of aromatic nitrogens is 4. The van der Waals surface area contributed by atoms with Crippen LogP contribution in [-0.2, 0) is 24.4 Å². The highest BCUT2D eigenvalue weighted by Gasteiger charge is 2.39. The Bertz CT molecular complexity index is 1780. The van der Waals surface area contributed by atoms with Crippen molar-refractivity contribution in [3.8, 4) is 0 Å². The summed E-state index contributed by atoms with van der Waals surface area (Å²) in [6, 6.07) is 4.57. The van der Waals surface area contributed by atoms with Crippen LogP contribution in [0.5, 0.6) is 0 Å². The van der Waals surface area contributed by atoms with Gasteiger partial charge >= 0.3 is 0 Å². The van der Waals surface area contributed by atoms with Gasteiger partial charge in [-0.05, 0) is 32.4 Å². The average molecular weight is 815 g/mol. The smallest absolute Gasteiger partial charge is 0.277 e. The molecule has 1 fully saturated rings. The molecule has 3 heterocycles. The maximum atomic E-state index is 14.0. The molecule has 3 aromatic rings. The number of hydrogen-bond donors (Lipinski definition) is 12. The summed E-state index contributed by atoms with van der Waals surface area (Å²) < 4.78 is 3.91. The Morgan fingerprint density at radius 1 is 0.929 bits per heavy atom. The molecule has 14 N–H and O–H groups in total. The minimum atomic E-state index is -1.95. The quantitative estimate of drug-likeness (QED) is 0.0376. The van der Waals surface area contributed by atoms with Crippen molar-refractivity contribution in [1.29, 1.82) is 0 Å². The second kappa shape index (κ2) is 19.5. The molecular weight excluding hydrogens is 762 g/mol. The van der Waals surface area contributed by atoms with Gasteiger partial charge in [-0.15, -0.1) is 0 Å². The first kappa shape index (κ1) is 44.9. The van der Waals surface area contributed by atoms with Crippen LogP contribution in [0.1, 0.15) is 36.5 Å². The number of rotatable bonds is 20. The van der Waals surface area contributed by atoms with E-state index in [-0.39, 0.29) is 54.6 Å². The van der Waals surface area contributed by atoms with Crippen molar-refractivity contribution in [1.82, 2.24) is 24.3 Å². The summed E-state index contributed by atoms with van der Waals surface area (Å²) in [7, 11) is 0. The number of hydrogen-bond acceptors (Lipinski definition) is 17. The summed E-state index contributed by atoms with van der Waals surface area (Å²) in [6.07, 6.45) is -14.0. The average Bonchev–Trinajstić information content (AvgIpc) is 3.81. The summed E-state index contributed by atoms with van der Waals surface area (Å²) in [4.78, 5) is 38.7. The summed E-state index contributed by atoms with van der Waals surface area (Å²) >= 11 is 6.08. The Labute approximate surface area is 326 Å². The van der Waals surface area contributed by atoms with Gasteiger partial charge in [0.15, 0.2) is 33.6 Å². The zero-order chi connectivity index (χ0) is 41.6. The molecule has 0 saturated carbocycles. The normalized spacial score (nSPS) is 19.1. The van der Waals surface area contributed by atoms with Crippen LogP contribution >= 0.6 is 11.6 Å². The van der Waals surface area contributed by atoms with E-state index >= 15 is 0 Å². The van der Waals surface area contributed by atoms with Crippen LogP contribution < -0.4 is 20.9 Å². The Balaban J connectivity index is 1.61. The van der Waals surface area contributed by atoms with Gasteiger partial charge in [-0.1, -0.05) is 11.6 Å². The molecule has 4 rings (SSSR count). The number of nitrogens with two attached hydrogens (primary N) is 2. The third-order valence-electron chi connectivity index (χ3n) is 10.1. The molecule has 1 aromatic carbocycles. The number of amides is 2. The molecule has 0 radical (unpaired) electrons. The van der Waals surface area contributed by atoms with Crippen LogP contribution in [0.25, 0.3) is 11.0 Å². The fraction of sp³-hybridized carbons (Fsp3) is 0.618.